The summed E-state index contributed by atoms with van der Waals surface area (Å²) in [5.74, 6) is 0.280. The molecule has 0 unspecified atom stereocenters. The van der Waals surface area contributed by atoms with E-state index < -0.39 is 15.6 Å². The number of methoxy groups -OCH3 is 1. The maximum atomic E-state index is 12.6. The lowest BCUT2D eigenvalue weighted by Crippen LogP contribution is -2.49. The van der Waals surface area contributed by atoms with E-state index in [2.05, 4.69) is 4.72 Å². The third-order valence-electron chi connectivity index (χ3n) is 3.45. The first-order chi connectivity index (χ1) is 9.36. The van der Waals surface area contributed by atoms with Gasteiger partial charge >= 0.3 is 0 Å². The fraction of sp³-hybridized carbons (Fsp3) is 0.538. The molecule has 20 heavy (non-hydrogen) atoms. The molecule has 0 saturated carbocycles. The lowest BCUT2D eigenvalue weighted by atomic mass is 9.94. The molecule has 0 radical (unpaired) electrons. The van der Waals surface area contributed by atoms with Crippen molar-refractivity contribution in [2.75, 3.05) is 26.1 Å². The Bertz CT molecular complexity index is 580. The highest BCUT2D eigenvalue weighted by molar-refractivity contribution is 7.89. The van der Waals surface area contributed by atoms with Crippen LogP contribution in [-0.4, -0.2) is 34.3 Å². The van der Waals surface area contributed by atoms with Crippen LogP contribution in [0.2, 0.25) is 0 Å². The molecule has 7 heteroatoms. The molecule has 1 aliphatic rings. The van der Waals surface area contributed by atoms with Gasteiger partial charge in [0.25, 0.3) is 0 Å². The molecule has 2 rings (SSSR count). The molecule has 6 nitrogen and oxygen atoms in total. The van der Waals surface area contributed by atoms with E-state index in [9.17, 15) is 8.42 Å². The van der Waals surface area contributed by atoms with E-state index in [0.29, 0.717) is 31.7 Å². The number of ether oxygens (including phenoxy) is 2. The van der Waals surface area contributed by atoms with Gasteiger partial charge in [-0.15, -0.1) is 0 Å². The van der Waals surface area contributed by atoms with Crippen molar-refractivity contribution < 1.29 is 17.9 Å². The molecular weight excluding hydrogens is 280 g/mol. The van der Waals surface area contributed by atoms with E-state index >= 15 is 0 Å². The molecule has 0 amide bonds. The van der Waals surface area contributed by atoms with Crippen LogP contribution in [0.1, 0.15) is 19.8 Å². The van der Waals surface area contributed by atoms with Gasteiger partial charge in [-0.1, -0.05) is 0 Å². The summed E-state index contributed by atoms with van der Waals surface area (Å²) in [5, 5.41) is 0. The summed E-state index contributed by atoms with van der Waals surface area (Å²) in [7, 11) is -2.26. The van der Waals surface area contributed by atoms with Gasteiger partial charge in [0, 0.05) is 24.4 Å². The monoisotopic (exact) mass is 300 g/mol. The number of hydrogen-bond donors (Lipinski definition) is 2. The predicted molar refractivity (Wildman–Crippen MR) is 76.2 cm³/mol. The van der Waals surface area contributed by atoms with Gasteiger partial charge in [-0.3, -0.25) is 0 Å². The quantitative estimate of drug-likeness (QED) is 0.813. The number of nitrogens with two attached hydrogens (primary N) is 1. The molecule has 3 N–H and O–H groups in total. The molecule has 1 fully saturated rings. The zero-order chi connectivity index (χ0) is 14.8. The Kier molecular flexibility index (Phi) is 4.22. The van der Waals surface area contributed by atoms with E-state index in [1.165, 1.54) is 13.2 Å². The minimum absolute atomic E-state index is 0.0627. The van der Waals surface area contributed by atoms with Gasteiger partial charge in [-0.25, -0.2) is 13.1 Å². The van der Waals surface area contributed by atoms with Crippen molar-refractivity contribution in [3.05, 3.63) is 18.2 Å². The van der Waals surface area contributed by atoms with Crippen LogP contribution < -0.4 is 15.2 Å². The molecule has 1 aromatic rings. The molecule has 0 bridgehead atoms. The molecule has 0 aromatic heterocycles. The Morgan fingerprint density at radius 1 is 1.35 bits per heavy atom. The summed E-state index contributed by atoms with van der Waals surface area (Å²) in [6.45, 7) is 2.98. The average Bonchev–Trinajstić information content (AvgIpc) is 2.38. The maximum absolute atomic E-state index is 12.6. The Balaban J connectivity index is 2.32. The van der Waals surface area contributed by atoms with Gasteiger partial charge in [0.05, 0.1) is 7.11 Å². The average molecular weight is 300 g/mol. The summed E-state index contributed by atoms with van der Waals surface area (Å²) in [6.07, 6.45) is 1.27. The number of benzene rings is 1. The molecule has 0 atom stereocenters. The minimum atomic E-state index is -3.69. The van der Waals surface area contributed by atoms with Crippen molar-refractivity contribution in [1.82, 2.24) is 4.72 Å². The van der Waals surface area contributed by atoms with Gasteiger partial charge in [0.2, 0.25) is 10.0 Å². The highest BCUT2D eigenvalue weighted by Crippen LogP contribution is 2.29. The summed E-state index contributed by atoms with van der Waals surface area (Å²) in [4.78, 5) is 0.0627. The summed E-state index contributed by atoms with van der Waals surface area (Å²) >= 11 is 0. The SMILES string of the molecule is COc1ccc(N)cc1S(=O)(=O)NC1(C)CCOCC1. The number of rotatable bonds is 4. The zero-order valence-corrected chi connectivity index (χ0v) is 12.5. The topological polar surface area (TPSA) is 90.7 Å². The number of nitrogens with one attached hydrogen (secondary N) is 1. The van der Waals surface area contributed by atoms with Crippen LogP contribution in [0.25, 0.3) is 0 Å². The van der Waals surface area contributed by atoms with Crippen molar-refractivity contribution in [2.45, 2.75) is 30.2 Å². The Labute approximate surface area is 119 Å². The Morgan fingerprint density at radius 3 is 2.60 bits per heavy atom. The summed E-state index contributed by atoms with van der Waals surface area (Å²) in [5.41, 5.74) is 5.55. The maximum Gasteiger partial charge on any atom is 0.244 e. The van der Waals surface area contributed by atoms with E-state index in [1.807, 2.05) is 6.92 Å². The van der Waals surface area contributed by atoms with Crippen LogP contribution in [0, 0.1) is 0 Å². The van der Waals surface area contributed by atoms with Crippen LogP contribution in [0.15, 0.2) is 23.1 Å². The van der Waals surface area contributed by atoms with E-state index in [4.69, 9.17) is 15.2 Å². The van der Waals surface area contributed by atoms with Crippen molar-refractivity contribution >= 4 is 15.7 Å². The molecule has 1 heterocycles. The van der Waals surface area contributed by atoms with Gasteiger partial charge < -0.3 is 15.2 Å². The van der Waals surface area contributed by atoms with Crippen LogP contribution in [0.4, 0.5) is 5.69 Å². The van der Waals surface area contributed by atoms with E-state index in [1.54, 1.807) is 12.1 Å². The second-order valence-electron chi connectivity index (χ2n) is 5.19. The lowest BCUT2D eigenvalue weighted by Gasteiger charge is -2.34. The third kappa shape index (κ3) is 3.23. The number of anilines is 1. The summed E-state index contributed by atoms with van der Waals surface area (Å²) in [6, 6.07) is 4.56. The largest absolute Gasteiger partial charge is 0.495 e. The molecule has 0 aliphatic carbocycles. The third-order valence-corrected chi connectivity index (χ3v) is 5.11. The predicted octanol–water partition coefficient (Wildman–Crippen LogP) is 1.12. The van der Waals surface area contributed by atoms with Crippen molar-refractivity contribution in [1.29, 1.82) is 0 Å². The van der Waals surface area contributed by atoms with Crippen molar-refractivity contribution in [2.24, 2.45) is 0 Å². The first-order valence-corrected chi connectivity index (χ1v) is 7.90. The lowest BCUT2D eigenvalue weighted by molar-refractivity contribution is 0.0537. The van der Waals surface area contributed by atoms with Gasteiger partial charge in [-0.05, 0) is 38.0 Å². The highest BCUT2D eigenvalue weighted by atomic mass is 32.2. The molecular formula is C13H20N2O4S. The number of sulfonamides is 1. The number of nitrogen functional groups attached to an aromatic ring is 1. The van der Waals surface area contributed by atoms with E-state index in [-0.39, 0.29) is 10.6 Å². The standard InChI is InChI=1S/C13H20N2O4S/c1-13(5-7-19-8-6-13)15-20(16,17)12-9-10(14)3-4-11(12)18-2/h3-4,9,15H,5-8,14H2,1-2H3. The zero-order valence-electron chi connectivity index (χ0n) is 11.7. The van der Waals surface area contributed by atoms with Crippen LogP contribution in [-0.2, 0) is 14.8 Å². The minimum Gasteiger partial charge on any atom is -0.495 e. The van der Waals surface area contributed by atoms with E-state index in [0.717, 1.165) is 0 Å². The normalized spacial score (nSPS) is 18.7. The second kappa shape index (κ2) is 5.59. The molecule has 112 valence electrons. The smallest absolute Gasteiger partial charge is 0.244 e. The second-order valence-corrected chi connectivity index (χ2v) is 6.84. The highest BCUT2D eigenvalue weighted by Gasteiger charge is 2.33. The van der Waals surface area contributed by atoms with Gasteiger partial charge in [0.1, 0.15) is 10.6 Å². The van der Waals surface area contributed by atoms with Crippen LogP contribution in [0.5, 0.6) is 5.75 Å². The van der Waals surface area contributed by atoms with Gasteiger partial charge in [0.15, 0.2) is 0 Å². The summed E-state index contributed by atoms with van der Waals surface area (Å²) < 4.78 is 38.2. The van der Waals surface area contributed by atoms with Gasteiger partial charge in [-0.2, -0.15) is 0 Å². The number of hydrogen-bond acceptors (Lipinski definition) is 5. The molecule has 1 saturated heterocycles. The molecule has 0 spiro atoms. The Hall–Kier alpha value is -1.31. The molecule has 1 aliphatic heterocycles. The fourth-order valence-corrected chi connectivity index (χ4v) is 3.88. The van der Waals surface area contributed by atoms with Crippen molar-refractivity contribution in [3.8, 4) is 5.75 Å². The molecule has 1 aromatic carbocycles. The first-order valence-electron chi connectivity index (χ1n) is 6.42. The van der Waals surface area contributed by atoms with Crippen LogP contribution in [0.3, 0.4) is 0 Å². The van der Waals surface area contributed by atoms with Crippen LogP contribution >= 0.6 is 0 Å². The fourth-order valence-electron chi connectivity index (χ4n) is 2.21. The Morgan fingerprint density at radius 2 is 2.00 bits per heavy atom. The first kappa shape index (κ1) is 15.1. The van der Waals surface area contributed by atoms with Crippen molar-refractivity contribution in [3.63, 3.8) is 0 Å².